The fourth-order valence-electron chi connectivity index (χ4n) is 2.12. The Morgan fingerprint density at radius 1 is 1.41 bits per heavy atom. The van der Waals surface area contributed by atoms with Crippen molar-refractivity contribution >= 4 is 16.0 Å². The maximum atomic E-state index is 11.7. The first-order valence-electron chi connectivity index (χ1n) is 5.88. The zero-order valence-corrected chi connectivity index (χ0v) is 10.6. The maximum Gasteiger partial charge on any atom is 0.323 e. The maximum absolute atomic E-state index is 11.7. The summed E-state index contributed by atoms with van der Waals surface area (Å²) in [6, 6.07) is 0.490. The molecule has 0 spiro atoms. The van der Waals surface area contributed by atoms with E-state index in [1.807, 2.05) is 0 Å². The Morgan fingerprint density at radius 3 is 2.59 bits per heavy atom. The lowest BCUT2D eigenvalue weighted by molar-refractivity contribution is -0.136. The highest BCUT2D eigenvalue weighted by atomic mass is 32.2. The van der Waals surface area contributed by atoms with E-state index in [1.54, 1.807) is 0 Å². The van der Waals surface area contributed by atoms with Crippen LogP contribution in [0.3, 0.4) is 0 Å². The van der Waals surface area contributed by atoms with Crippen LogP contribution in [0.5, 0.6) is 0 Å². The van der Waals surface area contributed by atoms with E-state index in [9.17, 15) is 13.2 Å². The van der Waals surface area contributed by atoms with Gasteiger partial charge in [0, 0.05) is 25.2 Å². The van der Waals surface area contributed by atoms with Crippen molar-refractivity contribution in [1.82, 2.24) is 9.62 Å². The molecule has 2 unspecified atom stereocenters. The molecule has 0 amide bonds. The van der Waals surface area contributed by atoms with Gasteiger partial charge in [-0.3, -0.25) is 9.69 Å². The zero-order valence-electron chi connectivity index (χ0n) is 9.80. The van der Waals surface area contributed by atoms with E-state index >= 15 is 0 Å². The minimum atomic E-state index is -3.75. The average molecular weight is 262 g/mol. The summed E-state index contributed by atoms with van der Waals surface area (Å²) in [7, 11) is -3.75. The van der Waals surface area contributed by atoms with Crippen LogP contribution in [-0.2, 0) is 14.8 Å². The smallest absolute Gasteiger partial charge is 0.323 e. The van der Waals surface area contributed by atoms with Gasteiger partial charge in [-0.25, -0.2) is 13.1 Å². The quantitative estimate of drug-likeness (QED) is 0.705. The predicted octanol–water partition coefficient (Wildman–Crippen LogP) is -0.384. The number of carbonyl (C=O) groups is 1. The lowest BCUT2D eigenvalue weighted by Gasteiger charge is -2.17. The van der Waals surface area contributed by atoms with Crippen LogP contribution in [0, 0.1) is 0 Å². The molecule has 1 heterocycles. The second-order valence-corrected chi connectivity index (χ2v) is 6.89. The minimum Gasteiger partial charge on any atom is -0.480 e. The number of hydrogen-bond donors (Lipinski definition) is 2. The molecule has 1 aliphatic heterocycles. The number of nitrogens with zero attached hydrogens (tertiary/aromatic N) is 1. The number of sulfonamides is 1. The van der Waals surface area contributed by atoms with E-state index in [2.05, 4.69) is 9.62 Å². The Kier molecular flexibility index (Phi) is 3.42. The van der Waals surface area contributed by atoms with Crippen molar-refractivity contribution in [2.24, 2.45) is 0 Å². The van der Waals surface area contributed by atoms with Gasteiger partial charge in [-0.2, -0.15) is 0 Å². The topological polar surface area (TPSA) is 86.7 Å². The van der Waals surface area contributed by atoms with Gasteiger partial charge in [-0.15, -0.1) is 0 Å². The van der Waals surface area contributed by atoms with Crippen LogP contribution in [0.1, 0.15) is 26.2 Å². The third-order valence-corrected chi connectivity index (χ3v) is 5.22. The van der Waals surface area contributed by atoms with Crippen LogP contribution in [0.4, 0.5) is 0 Å². The summed E-state index contributed by atoms with van der Waals surface area (Å²) >= 11 is 0. The number of carboxylic acid groups (broad SMARTS) is 1. The van der Waals surface area contributed by atoms with Gasteiger partial charge in [-0.05, 0) is 26.2 Å². The molecule has 17 heavy (non-hydrogen) atoms. The van der Waals surface area contributed by atoms with Crippen molar-refractivity contribution in [2.45, 2.75) is 43.5 Å². The Hall–Kier alpha value is -0.660. The zero-order chi connectivity index (χ0) is 12.6. The number of carboxylic acids is 1. The molecule has 1 saturated carbocycles. The largest absolute Gasteiger partial charge is 0.480 e. The van der Waals surface area contributed by atoms with Gasteiger partial charge in [-0.1, -0.05) is 0 Å². The highest BCUT2D eigenvalue weighted by Crippen LogP contribution is 2.29. The second kappa shape index (κ2) is 4.55. The van der Waals surface area contributed by atoms with Crippen molar-refractivity contribution in [2.75, 3.05) is 13.1 Å². The van der Waals surface area contributed by atoms with E-state index < -0.39 is 21.2 Å². The average Bonchev–Trinajstić information content (AvgIpc) is 2.99. The van der Waals surface area contributed by atoms with Crippen molar-refractivity contribution in [3.05, 3.63) is 0 Å². The third-order valence-electron chi connectivity index (χ3n) is 3.43. The molecule has 2 N–H and O–H groups in total. The van der Waals surface area contributed by atoms with E-state index in [4.69, 9.17) is 5.11 Å². The standard InChI is InChI=1S/C10H18N2O4S/c1-7(10(13)14)17(15,16)11-8-4-5-12(6-8)9-2-3-9/h7-9,11H,2-6H2,1H3,(H,13,14). The van der Waals surface area contributed by atoms with E-state index in [0.29, 0.717) is 12.6 Å². The van der Waals surface area contributed by atoms with Crippen LogP contribution >= 0.6 is 0 Å². The van der Waals surface area contributed by atoms with E-state index in [1.165, 1.54) is 19.8 Å². The van der Waals surface area contributed by atoms with Crippen LogP contribution in [0.15, 0.2) is 0 Å². The second-order valence-electron chi connectivity index (χ2n) is 4.86. The fourth-order valence-corrected chi connectivity index (χ4v) is 3.25. The highest BCUT2D eigenvalue weighted by molar-refractivity contribution is 7.90. The third kappa shape index (κ3) is 2.97. The lowest BCUT2D eigenvalue weighted by atomic mass is 10.3. The van der Waals surface area contributed by atoms with Gasteiger partial charge in [0.05, 0.1) is 0 Å². The van der Waals surface area contributed by atoms with Crippen molar-refractivity contribution in [1.29, 1.82) is 0 Å². The molecule has 98 valence electrons. The summed E-state index contributed by atoms with van der Waals surface area (Å²) in [4.78, 5) is 12.9. The number of aliphatic carboxylic acids is 1. The molecule has 2 aliphatic rings. The first-order valence-corrected chi connectivity index (χ1v) is 7.43. The molecule has 1 aliphatic carbocycles. The molecule has 0 aromatic heterocycles. The molecular weight excluding hydrogens is 244 g/mol. The van der Waals surface area contributed by atoms with Crippen LogP contribution < -0.4 is 4.72 Å². The normalized spacial score (nSPS) is 28.2. The van der Waals surface area contributed by atoms with E-state index in [0.717, 1.165) is 13.0 Å². The Labute approximate surface area is 101 Å². The molecule has 6 nitrogen and oxygen atoms in total. The highest BCUT2D eigenvalue weighted by Gasteiger charge is 2.37. The summed E-state index contributed by atoms with van der Waals surface area (Å²) in [5.74, 6) is -1.31. The molecule has 0 aromatic carbocycles. The Bertz CT molecular complexity index is 405. The summed E-state index contributed by atoms with van der Waals surface area (Å²) in [6.45, 7) is 2.80. The molecule has 7 heteroatoms. The van der Waals surface area contributed by atoms with Gasteiger partial charge in [0.15, 0.2) is 5.25 Å². The molecule has 0 aromatic rings. The van der Waals surface area contributed by atoms with Gasteiger partial charge < -0.3 is 5.11 Å². The summed E-state index contributed by atoms with van der Waals surface area (Å²) in [5.41, 5.74) is 0. The first kappa shape index (κ1) is 12.8. The van der Waals surface area contributed by atoms with E-state index in [-0.39, 0.29) is 6.04 Å². The molecule has 0 radical (unpaired) electrons. The van der Waals surface area contributed by atoms with Crippen LogP contribution in [0.2, 0.25) is 0 Å². The number of likely N-dealkylation sites (tertiary alicyclic amines) is 1. The Balaban J connectivity index is 1.90. The minimum absolute atomic E-state index is 0.137. The van der Waals surface area contributed by atoms with Crippen LogP contribution in [0.25, 0.3) is 0 Å². The van der Waals surface area contributed by atoms with Crippen molar-refractivity contribution in [3.63, 3.8) is 0 Å². The van der Waals surface area contributed by atoms with Gasteiger partial charge >= 0.3 is 5.97 Å². The number of hydrogen-bond acceptors (Lipinski definition) is 4. The number of rotatable bonds is 5. The van der Waals surface area contributed by atoms with Crippen molar-refractivity contribution < 1.29 is 18.3 Å². The van der Waals surface area contributed by atoms with Gasteiger partial charge in [0.2, 0.25) is 10.0 Å². The van der Waals surface area contributed by atoms with Crippen LogP contribution in [-0.4, -0.2) is 54.8 Å². The molecule has 2 atom stereocenters. The summed E-state index contributed by atoms with van der Waals surface area (Å²) in [6.07, 6.45) is 3.16. The van der Waals surface area contributed by atoms with Gasteiger partial charge in [0.1, 0.15) is 0 Å². The molecule has 2 fully saturated rings. The first-order chi connectivity index (χ1) is 7.90. The SMILES string of the molecule is CC(C(=O)O)S(=O)(=O)NC1CCN(C2CC2)C1. The number of nitrogens with one attached hydrogen (secondary N) is 1. The molecule has 1 saturated heterocycles. The fraction of sp³-hybridized carbons (Fsp3) is 0.900. The lowest BCUT2D eigenvalue weighted by Crippen LogP contribution is -2.44. The summed E-state index contributed by atoms with van der Waals surface area (Å²) in [5, 5.41) is 7.32. The van der Waals surface area contributed by atoms with Gasteiger partial charge in [0.25, 0.3) is 0 Å². The molecule has 2 rings (SSSR count). The monoisotopic (exact) mass is 262 g/mol. The Morgan fingerprint density at radius 2 is 2.06 bits per heavy atom. The molecular formula is C10H18N2O4S. The summed E-state index contributed by atoms with van der Waals surface area (Å²) < 4.78 is 25.9. The predicted molar refractivity (Wildman–Crippen MR) is 62.2 cm³/mol. The van der Waals surface area contributed by atoms with Crippen molar-refractivity contribution in [3.8, 4) is 0 Å². The molecule has 0 bridgehead atoms.